The standard InChI is InChI=1S/C14H21NO2/c1-10(2)9-11-5-4-8-15(14(11)16)12-6-7-13(12)17-3/h4-5,8,10,12-13H,6-7,9H2,1-3H3/t12-,13-/m1/s1. The Labute approximate surface area is 102 Å². The van der Waals surface area contributed by atoms with E-state index in [1.807, 2.05) is 22.9 Å². The van der Waals surface area contributed by atoms with Gasteiger partial charge in [0.2, 0.25) is 0 Å². The molecule has 0 bridgehead atoms. The largest absolute Gasteiger partial charge is 0.379 e. The van der Waals surface area contributed by atoms with Gasteiger partial charge in [-0.05, 0) is 31.2 Å². The molecule has 0 aromatic carbocycles. The molecule has 94 valence electrons. The predicted octanol–water partition coefficient (Wildman–Crippen LogP) is 2.40. The van der Waals surface area contributed by atoms with Crippen molar-refractivity contribution in [1.82, 2.24) is 4.57 Å². The molecule has 1 saturated carbocycles. The SMILES string of the molecule is CO[C@@H]1CC[C@H]1n1cccc(CC(C)C)c1=O. The normalized spacial score (nSPS) is 23.8. The van der Waals surface area contributed by atoms with Crippen LogP contribution in [0.15, 0.2) is 23.1 Å². The second-order valence-electron chi connectivity index (χ2n) is 5.26. The molecule has 1 aliphatic carbocycles. The molecule has 0 spiro atoms. The van der Waals surface area contributed by atoms with Crippen molar-refractivity contribution in [3.8, 4) is 0 Å². The molecular formula is C14H21NO2. The summed E-state index contributed by atoms with van der Waals surface area (Å²) in [7, 11) is 1.72. The van der Waals surface area contributed by atoms with Gasteiger partial charge in [0.25, 0.3) is 5.56 Å². The lowest BCUT2D eigenvalue weighted by molar-refractivity contribution is -0.0105. The van der Waals surface area contributed by atoms with E-state index in [9.17, 15) is 4.79 Å². The molecule has 0 unspecified atom stereocenters. The average Bonchev–Trinajstić information content (AvgIpc) is 2.22. The average molecular weight is 235 g/mol. The predicted molar refractivity (Wildman–Crippen MR) is 68.3 cm³/mol. The molecule has 2 atom stereocenters. The fraction of sp³-hybridized carbons (Fsp3) is 0.643. The molecule has 0 saturated heterocycles. The van der Waals surface area contributed by atoms with Gasteiger partial charge in [0, 0.05) is 18.9 Å². The Morgan fingerprint density at radius 2 is 2.24 bits per heavy atom. The Morgan fingerprint density at radius 3 is 2.76 bits per heavy atom. The maximum Gasteiger partial charge on any atom is 0.254 e. The molecule has 2 rings (SSSR count). The Bertz CT molecular complexity index is 434. The highest BCUT2D eigenvalue weighted by molar-refractivity contribution is 5.12. The summed E-state index contributed by atoms with van der Waals surface area (Å²) in [6, 6.07) is 4.16. The van der Waals surface area contributed by atoms with Crippen LogP contribution in [0.4, 0.5) is 0 Å². The molecule has 17 heavy (non-hydrogen) atoms. The van der Waals surface area contributed by atoms with Crippen LogP contribution in [0.1, 0.15) is 38.3 Å². The Balaban J connectivity index is 2.26. The fourth-order valence-electron chi connectivity index (χ4n) is 2.46. The second kappa shape index (κ2) is 5.05. The zero-order valence-electron chi connectivity index (χ0n) is 10.8. The van der Waals surface area contributed by atoms with Crippen LogP contribution in [0, 0.1) is 5.92 Å². The van der Waals surface area contributed by atoms with E-state index < -0.39 is 0 Å². The molecule has 1 aromatic heterocycles. The number of hydrogen-bond donors (Lipinski definition) is 0. The van der Waals surface area contributed by atoms with Gasteiger partial charge in [0.1, 0.15) is 0 Å². The number of hydrogen-bond acceptors (Lipinski definition) is 2. The van der Waals surface area contributed by atoms with Gasteiger partial charge in [-0.25, -0.2) is 0 Å². The number of methoxy groups -OCH3 is 1. The van der Waals surface area contributed by atoms with Crippen LogP contribution in [0.2, 0.25) is 0 Å². The lowest BCUT2D eigenvalue weighted by atomic mass is 9.88. The number of pyridine rings is 1. The van der Waals surface area contributed by atoms with Gasteiger partial charge in [0.05, 0.1) is 12.1 Å². The van der Waals surface area contributed by atoms with Crippen molar-refractivity contribution in [1.29, 1.82) is 0 Å². The molecule has 1 fully saturated rings. The zero-order valence-corrected chi connectivity index (χ0v) is 10.8. The summed E-state index contributed by atoms with van der Waals surface area (Å²) in [4.78, 5) is 12.3. The fourth-order valence-corrected chi connectivity index (χ4v) is 2.46. The number of aromatic nitrogens is 1. The molecule has 1 aromatic rings. The van der Waals surface area contributed by atoms with E-state index >= 15 is 0 Å². The summed E-state index contributed by atoms with van der Waals surface area (Å²) in [6.07, 6.45) is 5.06. The minimum absolute atomic E-state index is 0.160. The lowest BCUT2D eigenvalue weighted by Crippen LogP contribution is -2.41. The third kappa shape index (κ3) is 2.44. The van der Waals surface area contributed by atoms with Crippen LogP contribution < -0.4 is 5.56 Å². The van der Waals surface area contributed by atoms with Crippen molar-refractivity contribution in [2.45, 2.75) is 45.3 Å². The first-order valence-corrected chi connectivity index (χ1v) is 6.36. The van der Waals surface area contributed by atoms with Crippen LogP contribution in [0.25, 0.3) is 0 Å². The monoisotopic (exact) mass is 235 g/mol. The highest BCUT2D eigenvalue weighted by Gasteiger charge is 2.32. The maximum atomic E-state index is 12.3. The van der Waals surface area contributed by atoms with E-state index in [4.69, 9.17) is 4.74 Å². The molecule has 0 amide bonds. The van der Waals surface area contributed by atoms with Crippen molar-refractivity contribution in [3.05, 3.63) is 34.2 Å². The maximum absolute atomic E-state index is 12.3. The van der Waals surface area contributed by atoms with E-state index in [0.717, 1.165) is 24.8 Å². The topological polar surface area (TPSA) is 31.2 Å². The van der Waals surface area contributed by atoms with E-state index in [-0.39, 0.29) is 17.7 Å². The lowest BCUT2D eigenvalue weighted by Gasteiger charge is -2.36. The quantitative estimate of drug-likeness (QED) is 0.802. The smallest absolute Gasteiger partial charge is 0.254 e. The van der Waals surface area contributed by atoms with Crippen LogP contribution in [0.5, 0.6) is 0 Å². The molecule has 0 N–H and O–H groups in total. The summed E-state index contributed by atoms with van der Waals surface area (Å²) in [6.45, 7) is 4.27. The summed E-state index contributed by atoms with van der Waals surface area (Å²) >= 11 is 0. The van der Waals surface area contributed by atoms with Gasteiger partial charge in [-0.15, -0.1) is 0 Å². The first kappa shape index (κ1) is 12.4. The third-order valence-corrected chi connectivity index (χ3v) is 3.52. The molecule has 1 heterocycles. The molecule has 3 nitrogen and oxygen atoms in total. The zero-order chi connectivity index (χ0) is 12.4. The van der Waals surface area contributed by atoms with E-state index in [1.165, 1.54) is 0 Å². The highest BCUT2D eigenvalue weighted by atomic mass is 16.5. The van der Waals surface area contributed by atoms with Crippen LogP contribution in [-0.4, -0.2) is 17.8 Å². The Hall–Kier alpha value is -1.09. The van der Waals surface area contributed by atoms with Crippen molar-refractivity contribution in [2.75, 3.05) is 7.11 Å². The molecule has 0 aliphatic heterocycles. The van der Waals surface area contributed by atoms with Gasteiger partial charge in [-0.2, -0.15) is 0 Å². The number of nitrogens with zero attached hydrogens (tertiary/aromatic N) is 1. The number of ether oxygens (including phenoxy) is 1. The summed E-state index contributed by atoms with van der Waals surface area (Å²) in [5.74, 6) is 0.512. The van der Waals surface area contributed by atoms with E-state index in [1.54, 1.807) is 7.11 Å². The molecule has 1 aliphatic rings. The minimum atomic E-state index is 0.160. The van der Waals surface area contributed by atoms with Gasteiger partial charge in [0.15, 0.2) is 0 Å². The molecule has 3 heteroatoms. The summed E-state index contributed by atoms with van der Waals surface area (Å²) in [5, 5.41) is 0. The van der Waals surface area contributed by atoms with Gasteiger partial charge in [-0.3, -0.25) is 4.79 Å². The summed E-state index contributed by atoms with van der Waals surface area (Å²) < 4.78 is 7.23. The molecule has 0 radical (unpaired) electrons. The number of rotatable bonds is 4. The molecular weight excluding hydrogens is 214 g/mol. The van der Waals surface area contributed by atoms with E-state index in [0.29, 0.717) is 5.92 Å². The van der Waals surface area contributed by atoms with Crippen molar-refractivity contribution >= 4 is 0 Å². The van der Waals surface area contributed by atoms with Gasteiger partial charge in [-0.1, -0.05) is 19.9 Å². The van der Waals surface area contributed by atoms with Gasteiger partial charge < -0.3 is 9.30 Å². The van der Waals surface area contributed by atoms with Crippen molar-refractivity contribution in [2.24, 2.45) is 5.92 Å². The third-order valence-electron chi connectivity index (χ3n) is 3.52. The highest BCUT2D eigenvalue weighted by Crippen LogP contribution is 2.33. The Morgan fingerprint density at radius 1 is 1.47 bits per heavy atom. The van der Waals surface area contributed by atoms with Crippen LogP contribution in [0.3, 0.4) is 0 Å². The van der Waals surface area contributed by atoms with Crippen molar-refractivity contribution in [3.63, 3.8) is 0 Å². The van der Waals surface area contributed by atoms with Gasteiger partial charge >= 0.3 is 0 Å². The van der Waals surface area contributed by atoms with Crippen LogP contribution >= 0.6 is 0 Å². The van der Waals surface area contributed by atoms with E-state index in [2.05, 4.69) is 13.8 Å². The first-order chi connectivity index (χ1) is 8.13. The first-order valence-electron chi connectivity index (χ1n) is 6.36. The Kier molecular flexibility index (Phi) is 3.67. The minimum Gasteiger partial charge on any atom is -0.379 e. The summed E-state index contributed by atoms with van der Waals surface area (Å²) in [5.41, 5.74) is 1.08. The van der Waals surface area contributed by atoms with Crippen LogP contribution in [-0.2, 0) is 11.2 Å². The second-order valence-corrected chi connectivity index (χ2v) is 5.26. The van der Waals surface area contributed by atoms with Crippen molar-refractivity contribution < 1.29 is 4.74 Å².